The maximum atomic E-state index is 5.13. The molecule has 0 saturated carbocycles. The second-order valence-corrected chi connectivity index (χ2v) is 6.00. The van der Waals surface area contributed by atoms with Crippen LogP contribution >= 0.6 is 11.9 Å². The summed E-state index contributed by atoms with van der Waals surface area (Å²) in [5.41, 5.74) is 0.220. The number of rotatable bonds is 2. The van der Waals surface area contributed by atoms with Gasteiger partial charge in [-0.2, -0.15) is 0 Å². The Bertz CT molecular complexity index is 138. The van der Waals surface area contributed by atoms with E-state index in [1.807, 2.05) is 0 Å². The van der Waals surface area contributed by atoms with Gasteiger partial charge in [0, 0.05) is 4.75 Å². The molecule has 2 nitrogen and oxygen atoms in total. The standard InChI is InChI=1S/C8H17NOS/c1-7(2,3)11-9-8(4)5-10-6-8/h9H,5-6H2,1-4H3. The van der Waals surface area contributed by atoms with Gasteiger partial charge in [-0.05, 0) is 27.7 Å². The summed E-state index contributed by atoms with van der Waals surface area (Å²) in [5.74, 6) is 0. The van der Waals surface area contributed by atoms with Crippen molar-refractivity contribution in [1.29, 1.82) is 0 Å². The minimum atomic E-state index is 0.220. The lowest BCUT2D eigenvalue weighted by molar-refractivity contribution is -0.0511. The van der Waals surface area contributed by atoms with Gasteiger partial charge in [0.25, 0.3) is 0 Å². The van der Waals surface area contributed by atoms with Gasteiger partial charge < -0.3 is 4.74 Å². The predicted octanol–water partition coefficient (Wildman–Crippen LogP) is 1.81. The zero-order valence-corrected chi connectivity index (χ0v) is 8.55. The van der Waals surface area contributed by atoms with Gasteiger partial charge in [0.2, 0.25) is 0 Å². The molecule has 0 radical (unpaired) electrons. The number of hydrogen-bond donors (Lipinski definition) is 1. The molecule has 0 spiro atoms. The van der Waals surface area contributed by atoms with Crippen molar-refractivity contribution in [2.75, 3.05) is 13.2 Å². The summed E-state index contributed by atoms with van der Waals surface area (Å²) in [6.45, 7) is 10.5. The van der Waals surface area contributed by atoms with Gasteiger partial charge in [-0.15, -0.1) is 0 Å². The Balaban J connectivity index is 2.21. The van der Waals surface area contributed by atoms with Crippen LogP contribution in [-0.2, 0) is 4.74 Å². The van der Waals surface area contributed by atoms with E-state index in [1.54, 1.807) is 11.9 Å². The Kier molecular flexibility index (Phi) is 2.52. The van der Waals surface area contributed by atoms with Gasteiger partial charge in [0.15, 0.2) is 0 Å². The molecule has 11 heavy (non-hydrogen) atoms. The fraction of sp³-hybridized carbons (Fsp3) is 1.00. The van der Waals surface area contributed by atoms with Crippen molar-refractivity contribution in [3.63, 3.8) is 0 Å². The lowest BCUT2D eigenvalue weighted by Gasteiger charge is -2.40. The minimum Gasteiger partial charge on any atom is -0.377 e. The normalized spacial score (nSPS) is 22.9. The molecule has 66 valence electrons. The van der Waals surface area contributed by atoms with Gasteiger partial charge in [0.05, 0.1) is 18.8 Å². The molecule has 0 bridgehead atoms. The Morgan fingerprint density at radius 2 is 1.91 bits per heavy atom. The van der Waals surface area contributed by atoms with Gasteiger partial charge in [-0.25, -0.2) is 0 Å². The average molecular weight is 175 g/mol. The fourth-order valence-electron chi connectivity index (χ4n) is 0.743. The van der Waals surface area contributed by atoms with Crippen LogP contribution in [0.2, 0.25) is 0 Å². The van der Waals surface area contributed by atoms with Crippen LogP contribution in [0.3, 0.4) is 0 Å². The van der Waals surface area contributed by atoms with Gasteiger partial charge in [0.1, 0.15) is 0 Å². The Labute approximate surface area is 73.2 Å². The minimum absolute atomic E-state index is 0.220. The van der Waals surface area contributed by atoms with Gasteiger partial charge in [-0.3, -0.25) is 4.72 Å². The number of ether oxygens (including phenoxy) is 1. The molecule has 0 aromatic heterocycles. The third-order valence-electron chi connectivity index (χ3n) is 1.44. The van der Waals surface area contributed by atoms with Crippen molar-refractivity contribution in [3.05, 3.63) is 0 Å². The molecule has 1 rings (SSSR count). The van der Waals surface area contributed by atoms with Crippen molar-refractivity contribution < 1.29 is 4.74 Å². The molecular formula is C8H17NOS. The highest BCUT2D eigenvalue weighted by Gasteiger charge is 2.34. The molecule has 0 atom stereocenters. The fourth-order valence-corrected chi connectivity index (χ4v) is 1.41. The van der Waals surface area contributed by atoms with Gasteiger partial charge >= 0.3 is 0 Å². The number of hydrogen-bond acceptors (Lipinski definition) is 3. The molecule has 0 aromatic carbocycles. The summed E-state index contributed by atoms with van der Waals surface area (Å²) >= 11 is 1.79. The average Bonchev–Trinajstić information content (AvgIpc) is 1.77. The largest absolute Gasteiger partial charge is 0.377 e. The van der Waals surface area contributed by atoms with Crippen LogP contribution in [0.4, 0.5) is 0 Å². The van der Waals surface area contributed by atoms with E-state index in [4.69, 9.17) is 4.74 Å². The maximum Gasteiger partial charge on any atom is 0.0720 e. The van der Waals surface area contributed by atoms with E-state index in [1.165, 1.54) is 0 Å². The first-order chi connectivity index (χ1) is 4.91. The van der Waals surface area contributed by atoms with Crippen LogP contribution < -0.4 is 4.72 Å². The molecule has 1 aliphatic rings. The van der Waals surface area contributed by atoms with E-state index < -0.39 is 0 Å². The van der Waals surface area contributed by atoms with E-state index >= 15 is 0 Å². The highest BCUT2D eigenvalue weighted by molar-refractivity contribution is 7.98. The third-order valence-corrected chi connectivity index (χ3v) is 2.65. The van der Waals surface area contributed by atoms with Crippen LogP contribution in [0.15, 0.2) is 0 Å². The van der Waals surface area contributed by atoms with Crippen LogP contribution in [0.1, 0.15) is 27.7 Å². The first kappa shape index (κ1) is 9.36. The van der Waals surface area contributed by atoms with E-state index in [0.717, 1.165) is 13.2 Å². The molecule has 1 saturated heterocycles. The van der Waals surface area contributed by atoms with Crippen LogP contribution in [-0.4, -0.2) is 23.5 Å². The molecule has 0 unspecified atom stereocenters. The smallest absolute Gasteiger partial charge is 0.0720 e. The van der Waals surface area contributed by atoms with Crippen molar-refractivity contribution in [3.8, 4) is 0 Å². The van der Waals surface area contributed by atoms with Gasteiger partial charge in [-0.1, -0.05) is 11.9 Å². The zero-order chi connectivity index (χ0) is 8.54. The highest BCUT2D eigenvalue weighted by Crippen LogP contribution is 2.26. The zero-order valence-electron chi connectivity index (χ0n) is 7.73. The summed E-state index contributed by atoms with van der Waals surface area (Å²) in [7, 11) is 0. The van der Waals surface area contributed by atoms with Crippen molar-refractivity contribution in [2.45, 2.75) is 38.0 Å². The van der Waals surface area contributed by atoms with Crippen LogP contribution in [0, 0.1) is 0 Å². The molecule has 1 N–H and O–H groups in total. The van der Waals surface area contributed by atoms with Crippen LogP contribution in [0.25, 0.3) is 0 Å². The molecule has 0 aliphatic carbocycles. The SMILES string of the molecule is CC1(NSC(C)(C)C)COC1. The monoisotopic (exact) mass is 175 g/mol. The second kappa shape index (κ2) is 2.96. The van der Waals surface area contributed by atoms with Crippen molar-refractivity contribution in [2.24, 2.45) is 0 Å². The molecule has 3 heteroatoms. The number of nitrogens with one attached hydrogen (secondary N) is 1. The summed E-state index contributed by atoms with van der Waals surface area (Å²) in [6, 6.07) is 0. The summed E-state index contributed by atoms with van der Waals surface area (Å²) in [5, 5.41) is 0. The summed E-state index contributed by atoms with van der Waals surface area (Å²) in [6.07, 6.45) is 0. The quantitative estimate of drug-likeness (QED) is 0.647. The topological polar surface area (TPSA) is 21.3 Å². The molecule has 1 aliphatic heterocycles. The van der Waals surface area contributed by atoms with E-state index in [2.05, 4.69) is 32.4 Å². The summed E-state index contributed by atoms with van der Waals surface area (Å²) < 4.78 is 8.84. The second-order valence-electron chi connectivity index (χ2n) is 4.37. The molecule has 1 fully saturated rings. The van der Waals surface area contributed by atoms with E-state index in [0.29, 0.717) is 4.75 Å². The van der Waals surface area contributed by atoms with Crippen LogP contribution in [0.5, 0.6) is 0 Å². The molecule has 1 heterocycles. The Morgan fingerprint density at radius 3 is 2.18 bits per heavy atom. The molecule has 0 aromatic rings. The van der Waals surface area contributed by atoms with E-state index in [-0.39, 0.29) is 5.54 Å². The third kappa shape index (κ3) is 3.01. The maximum absolute atomic E-state index is 5.13. The Morgan fingerprint density at radius 1 is 1.36 bits per heavy atom. The predicted molar refractivity (Wildman–Crippen MR) is 49.7 cm³/mol. The Hall–Kier alpha value is 0.270. The summed E-state index contributed by atoms with van der Waals surface area (Å²) in [4.78, 5) is 0. The van der Waals surface area contributed by atoms with Crippen molar-refractivity contribution >= 4 is 11.9 Å². The first-order valence-corrected chi connectivity index (χ1v) is 4.76. The van der Waals surface area contributed by atoms with Crippen molar-refractivity contribution in [1.82, 2.24) is 4.72 Å². The lowest BCUT2D eigenvalue weighted by atomic mass is 10.0. The molecule has 0 amide bonds. The first-order valence-electron chi connectivity index (χ1n) is 3.94. The lowest BCUT2D eigenvalue weighted by Crippen LogP contribution is -2.56. The van der Waals surface area contributed by atoms with E-state index in [9.17, 15) is 0 Å². The highest BCUT2D eigenvalue weighted by atomic mass is 32.2. The molecular weight excluding hydrogens is 158 g/mol.